The van der Waals surface area contributed by atoms with E-state index >= 15 is 0 Å². The van der Waals surface area contributed by atoms with E-state index in [1.54, 1.807) is 0 Å². The van der Waals surface area contributed by atoms with Gasteiger partial charge in [-0.2, -0.15) is 0 Å². The molecule has 0 fully saturated rings. The van der Waals surface area contributed by atoms with Crippen LogP contribution in [0.15, 0.2) is 0 Å². The van der Waals surface area contributed by atoms with E-state index in [-0.39, 0.29) is 6.10 Å². The Morgan fingerprint density at radius 2 is 2.00 bits per heavy atom. The molecule has 0 aliphatic rings. The molecule has 0 saturated carbocycles. The van der Waals surface area contributed by atoms with Gasteiger partial charge in [0.05, 0.1) is 6.10 Å². The summed E-state index contributed by atoms with van der Waals surface area (Å²) in [4.78, 5) is 0. The lowest BCUT2D eigenvalue weighted by atomic mass is 10.2. The van der Waals surface area contributed by atoms with Crippen LogP contribution in [0.2, 0.25) is 0 Å². The van der Waals surface area contributed by atoms with Gasteiger partial charge < -0.3 is 9.47 Å². The molecule has 0 aromatic rings. The Morgan fingerprint density at radius 1 is 1.25 bits per heavy atom. The van der Waals surface area contributed by atoms with Crippen LogP contribution in [0.4, 0.5) is 0 Å². The fourth-order valence-electron chi connectivity index (χ4n) is 0.925. The fraction of sp³-hybridized carbons (Fsp3) is 0.900. The van der Waals surface area contributed by atoms with Crippen molar-refractivity contribution in [1.29, 1.82) is 0 Å². The summed E-state index contributed by atoms with van der Waals surface area (Å²) in [7, 11) is 0. The van der Waals surface area contributed by atoms with Crippen molar-refractivity contribution in [3.63, 3.8) is 0 Å². The Labute approximate surface area is 76.3 Å². The van der Waals surface area contributed by atoms with Crippen molar-refractivity contribution in [1.82, 2.24) is 0 Å². The van der Waals surface area contributed by atoms with E-state index in [1.807, 2.05) is 6.92 Å². The molecule has 2 nitrogen and oxygen atoms in total. The van der Waals surface area contributed by atoms with Gasteiger partial charge in [0.1, 0.15) is 0 Å². The van der Waals surface area contributed by atoms with Crippen molar-refractivity contribution in [3.05, 3.63) is 6.92 Å². The van der Waals surface area contributed by atoms with E-state index in [0.29, 0.717) is 0 Å². The molecule has 73 valence electrons. The molecule has 0 aliphatic heterocycles. The first-order valence-corrected chi connectivity index (χ1v) is 4.83. The smallest absolute Gasteiger partial charge is 0.0577 e. The van der Waals surface area contributed by atoms with Crippen LogP contribution in [-0.2, 0) is 9.47 Å². The summed E-state index contributed by atoms with van der Waals surface area (Å²) in [5.41, 5.74) is 0. The van der Waals surface area contributed by atoms with Gasteiger partial charge in [0.25, 0.3) is 0 Å². The van der Waals surface area contributed by atoms with Gasteiger partial charge in [-0.15, -0.1) is 0 Å². The monoisotopic (exact) mass is 173 g/mol. The van der Waals surface area contributed by atoms with E-state index < -0.39 is 0 Å². The summed E-state index contributed by atoms with van der Waals surface area (Å²) in [6.07, 6.45) is 3.26. The molecule has 0 bridgehead atoms. The molecular formula is C10H21O2. The second-order valence-electron chi connectivity index (χ2n) is 2.83. The highest BCUT2D eigenvalue weighted by molar-refractivity contribution is 4.59. The Balaban J connectivity index is 3.02. The minimum absolute atomic E-state index is 0.144. The highest BCUT2D eigenvalue weighted by Gasteiger charge is 2.00. The van der Waals surface area contributed by atoms with Crippen molar-refractivity contribution >= 4 is 0 Å². The van der Waals surface area contributed by atoms with Crippen molar-refractivity contribution in [3.8, 4) is 0 Å². The Hall–Kier alpha value is -0.0800. The molecule has 0 heterocycles. The predicted molar refractivity (Wildman–Crippen MR) is 51.1 cm³/mol. The highest BCUT2D eigenvalue weighted by atomic mass is 16.5. The molecule has 0 amide bonds. The first-order valence-electron chi connectivity index (χ1n) is 4.83. The Morgan fingerprint density at radius 3 is 2.58 bits per heavy atom. The summed E-state index contributed by atoms with van der Waals surface area (Å²) in [6.45, 7) is 10.5. The van der Waals surface area contributed by atoms with Crippen LogP contribution in [0.5, 0.6) is 0 Å². The van der Waals surface area contributed by atoms with E-state index in [4.69, 9.17) is 9.47 Å². The molecule has 1 radical (unpaired) electrons. The zero-order valence-electron chi connectivity index (χ0n) is 8.34. The second-order valence-corrected chi connectivity index (χ2v) is 2.83. The highest BCUT2D eigenvalue weighted by Crippen LogP contribution is 2.01. The van der Waals surface area contributed by atoms with Gasteiger partial charge in [-0.05, 0) is 33.1 Å². The Bertz CT molecular complexity index is 83.9. The SMILES string of the molecule is [CH2]C(CCCOCC)OCCC. The van der Waals surface area contributed by atoms with Crippen LogP contribution >= 0.6 is 0 Å². The van der Waals surface area contributed by atoms with Crippen molar-refractivity contribution in [2.24, 2.45) is 0 Å². The lowest BCUT2D eigenvalue weighted by Crippen LogP contribution is -2.10. The normalized spacial score (nSPS) is 13.2. The maximum Gasteiger partial charge on any atom is 0.0577 e. The van der Waals surface area contributed by atoms with E-state index in [1.165, 1.54) is 0 Å². The molecular weight excluding hydrogens is 152 g/mol. The minimum Gasteiger partial charge on any atom is -0.382 e. The topological polar surface area (TPSA) is 18.5 Å². The maximum atomic E-state index is 5.40. The second kappa shape index (κ2) is 9.01. The van der Waals surface area contributed by atoms with E-state index in [9.17, 15) is 0 Å². The maximum absolute atomic E-state index is 5.40. The van der Waals surface area contributed by atoms with Gasteiger partial charge in [-0.25, -0.2) is 0 Å². The molecule has 0 saturated heterocycles. The standard InChI is InChI=1S/C10H21O2/c1-4-8-12-10(3)7-6-9-11-5-2/h10H,3-9H2,1-2H3. The largest absolute Gasteiger partial charge is 0.382 e. The number of ether oxygens (including phenoxy) is 2. The average Bonchev–Trinajstić information content (AvgIpc) is 2.09. The zero-order chi connectivity index (χ0) is 9.23. The lowest BCUT2D eigenvalue weighted by Gasteiger charge is -2.11. The molecule has 0 spiro atoms. The van der Waals surface area contributed by atoms with Crippen LogP contribution in [-0.4, -0.2) is 25.9 Å². The lowest BCUT2D eigenvalue weighted by molar-refractivity contribution is 0.0658. The van der Waals surface area contributed by atoms with Gasteiger partial charge in [0.2, 0.25) is 0 Å². The molecule has 0 rings (SSSR count). The fourth-order valence-corrected chi connectivity index (χ4v) is 0.925. The van der Waals surface area contributed by atoms with Gasteiger partial charge in [0, 0.05) is 19.8 Å². The zero-order valence-corrected chi connectivity index (χ0v) is 8.34. The summed E-state index contributed by atoms with van der Waals surface area (Å²) < 4.78 is 10.6. The third-order valence-electron chi connectivity index (χ3n) is 1.58. The molecule has 0 aliphatic carbocycles. The number of hydrogen-bond donors (Lipinski definition) is 0. The van der Waals surface area contributed by atoms with Gasteiger partial charge in [-0.1, -0.05) is 6.92 Å². The Kier molecular flexibility index (Phi) is 8.95. The van der Waals surface area contributed by atoms with Crippen LogP contribution in [0.3, 0.4) is 0 Å². The third-order valence-corrected chi connectivity index (χ3v) is 1.58. The quantitative estimate of drug-likeness (QED) is 0.525. The molecule has 0 aromatic carbocycles. The van der Waals surface area contributed by atoms with Crippen LogP contribution < -0.4 is 0 Å². The van der Waals surface area contributed by atoms with Gasteiger partial charge in [-0.3, -0.25) is 0 Å². The van der Waals surface area contributed by atoms with Crippen molar-refractivity contribution in [2.45, 2.75) is 39.2 Å². The van der Waals surface area contributed by atoms with Gasteiger partial charge in [0.15, 0.2) is 0 Å². The third kappa shape index (κ3) is 8.02. The van der Waals surface area contributed by atoms with E-state index in [0.717, 1.165) is 39.1 Å². The molecule has 0 N–H and O–H groups in total. The van der Waals surface area contributed by atoms with Crippen molar-refractivity contribution in [2.75, 3.05) is 19.8 Å². The van der Waals surface area contributed by atoms with Gasteiger partial charge >= 0.3 is 0 Å². The predicted octanol–water partition coefficient (Wildman–Crippen LogP) is 2.43. The molecule has 1 unspecified atom stereocenters. The first-order chi connectivity index (χ1) is 5.81. The summed E-state index contributed by atoms with van der Waals surface area (Å²) in [5.74, 6) is 0. The number of rotatable bonds is 8. The molecule has 12 heavy (non-hydrogen) atoms. The average molecular weight is 173 g/mol. The van der Waals surface area contributed by atoms with Crippen LogP contribution in [0.1, 0.15) is 33.1 Å². The summed E-state index contributed by atoms with van der Waals surface area (Å²) in [5, 5.41) is 0. The minimum atomic E-state index is 0.144. The molecule has 2 heteroatoms. The van der Waals surface area contributed by atoms with Crippen molar-refractivity contribution < 1.29 is 9.47 Å². The van der Waals surface area contributed by atoms with Crippen LogP contribution in [0.25, 0.3) is 0 Å². The van der Waals surface area contributed by atoms with Crippen LogP contribution in [0, 0.1) is 6.92 Å². The first kappa shape index (κ1) is 11.9. The summed E-state index contributed by atoms with van der Waals surface area (Å²) >= 11 is 0. The number of hydrogen-bond acceptors (Lipinski definition) is 2. The molecule has 1 atom stereocenters. The molecule has 0 aromatic heterocycles. The summed E-state index contributed by atoms with van der Waals surface area (Å²) in [6, 6.07) is 0. The van der Waals surface area contributed by atoms with E-state index in [2.05, 4.69) is 13.8 Å².